The standard InChI is InChI=1S/C9H12O5/c1-6(14-7(2)10)8(11)4-5-9(12)13-3/h4-6H,1-3H3/b5-4+. The number of hydrogen-bond donors (Lipinski definition) is 0. The molecule has 14 heavy (non-hydrogen) atoms. The fraction of sp³-hybridized carbons (Fsp3) is 0.444. The minimum atomic E-state index is -0.881. The molecule has 0 aliphatic heterocycles. The molecule has 0 aliphatic rings. The quantitative estimate of drug-likeness (QED) is 0.480. The van der Waals surface area contributed by atoms with Crippen LogP contribution in [0.2, 0.25) is 0 Å². The van der Waals surface area contributed by atoms with Crippen LogP contribution < -0.4 is 0 Å². The van der Waals surface area contributed by atoms with Crippen molar-refractivity contribution in [2.45, 2.75) is 20.0 Å². The summed E-state index contributed by atoms with van der Waals surface area (Å²) >= 11 is 0. The van der Waals surface area contributed by atoms with E-state index in [1.165, 1.54) is 21.0 Å². The van der Waals surface area contributed by atoms with Crippen LogP contribution in [0.25, 0.3) is 0 Å². The number of methoxy groups -OCH3 is 1. The van der Waals surface area contributed by atoms with Gasteiger partial charge in [0.15, 0.2) is 11.9 Å². The maximum Gasteiger partial charge on any atom is 0.330 e. The lowest BCUT2D eigenvalue weighted by molar-refractivity contribution is -0.150. The average Bonchev–Trinajstić information content (AvgIpc) is 2.12. The number of carbonyl (C=O) groups excluding carboxylic acids is 3. The molecule has 0 radical (unpaired) electrons. The van der Waals surface area contributed by atoms with Gasteiger partial charge in [-0.25, -0.2) is 4.79 Å². The molecule has 0 amide bonds. The van der Waals surface area contributed by atoms with Gasteiger partial charge in [0.2, 0.25) is 0 Å². The molecule has 0 bridgehead atoms. The predicted octanol–water partition coefficient (Wildman–Crippen LogP) is 0.236. The molecule has 0 saturated heterocycles. The van der Waals surface area contributed by atoms with Crippen molar-refractivity contribution in [1.82, 2.24) is 0 Å². The Morgan fingerprint density at radius 1 is 1.21 bits per heavy atom. The van der Waals surface area contributed by atoms with Gasteiger partial charge in [0.25, 0.3) is 0 Å². The zero-order chi connectivity index (χ0) is 11.1. The highest BCUT2D eigenvalue weighted by Crippen LogP contribution is 1.95. The lowest BCUT2D eigenvalue weighted by atomic mass is 10.2. The van der Waals surface area contributed by atoms with E-state index in [9.17, 15) is 14.4 Å². The van der Waals surface area contributed by atoms with Crippen LogP contribution in [-0.4, -0.2) is 30.9 Å². The van der Waals surface area contributed by atoms with Gasteiger partial charge >= 0.3 is 11.9 Å². The number of esters is 2. The van der Waals surface area contributed by atoms with Crippen molar-refractivity contribution in [2.24, 2.45) is 0 Å². The summed E-state index contributed by atoms with van der Waals surface area (Å²) in [4.78, 5) is 32.2. The van der Waals surface area contributed by atoms with Gasteiger partial charge < -0.3 is 9.47 Å². The normalized spacial score (nSPS) is 12.2. The van der Waals surface area contributed by atoms with Crippen molar-refractivity contribution in [3.8, 4) is 0 Å². The Labute approximate surface area is 81.7 Å². The highest BCUT2D eigenvalue weighted by molar-refractivity contribution is 5.98. The smallest absolute Gasteiger partial charge is 0.330 e. The van der Waals surface area contributed by atoms with Crippen LogP contribution >= 0.6 is 0 Å². The minimum absolute atomic E-state index is 0.467. The summed E-state index contributed by atoms with van der Waals surface area (Å²) in [6.45, 7) is 2.62. The van der Waals surface area contributed by atoms with Crippen molar-refractivity contribution < 1.29 is 23.9 Å². The van der Waals surface area contributed by atoms with Gasteiger partial charge in [0, 0.05) is 13.0 Å². The Morgan fingerprint density at radius 3 is 2.21 bits per heavy atom. The molecular formula is C9H12O5. The molecule has 1 unspecified atom stereocenters. The molecule has 0 spiro atoms. The fourth-order valence-corrected chi connectivity index (χ4v) is 0.661. The van der Waals surface area contributed by atoms with Crippen molar-refractivity contribution in [1.29, 1.82) is 0 Å². The summed E-state index contributed by atoms with van der Waals surface area (Å²) in [5.74, 6) is -1.64. The Morgan fingerprint density at radius 2 is 1.79 bits per heavy atom. The molecule has 0 aromatic heterocycles. The molecule has 0 N–H and O–H groups in total. The van der Waals surface area contributed by atoms with Gasteiger partial charge in [-0.3, -0.25) is 9.59 Å². The van der Waals surface area contributed by atoms with Crippen LogP contribution in [0, 0.1) is 0 Å². The molecule has 0 aromatic carbocycles. The fourth-order valence-electron chi connectivity index (χ4n) is 0.661. The first-order valence-electron chi connectivity index (χ1n) is 3.94. The van der Waals surface area contributed by atoms with Crippen LogP contribution in [-0.2, 0) is 23.9 Å². The molecular weight excluding hydrogens is 188 g/mol. The summed E-state index contributed by atoms with van der Waals surface area (Å²) in [6.07, 6.45) is 1.11. The molecule has 0 heterocycles. The van der Waals surface area contributed by atoms with Crippen molar-refractivity contribution in [2.75, 3.05) is 7.11 Å². The van der Waals surface area contributed by atoms with E-state index in [2.05, 4.69) is 9.47 Å². The van der Waals surface area contributed by atoms with Gasteiger partial charge in [-0.2, -0.15) is 0 Å². The Kier molecular flexibility index (Phi) is 5.21. The van der Waals surface area contributed by atoms with Gasteiger partial charge in [0.05, 0.1) is 7.11 Å². The first-order chi connectivity index (χ1) is 6.47. The second-order valence-electron chi connectivity index (χ2n) is 2.51. The monoisotopic (exact) mass is 200 g/mol. The third-order valence-electron chi connectivity index (χ3n) is 1.33. The Hall–Kier alpha value is -1.65. The van der Waals surface area contributed by atoms with Crippen LogP contribution in [0.3, 0.4) is 0 Å². The van der Waals surface area contributed by atoms with Gasteiger partial charge in [-0.15, -0.1) is 0 Å². The molecule has 5 nitrogen and oxygen atoms in total. The predicted molar refractivity (Wildman–Crippen MR) is 47.4 cm³/mol. The van der Waals surface area contributed by atoms with Crippen LogP contribution in [0.4, 0.5) is 0 Å². The largest absolute Gasteiger partial charge is 0.466 e. The minimum Gasteiger partial charge on any atom is -0.466 e. The second-order valence-corrected chi connectivity index (χ2v) is 2.51. The first kappa shape index (κ1) is 12.3. The summed E-state index contributed by atoms with van der Waals surface area (Å²) in [5.41, 5.74) is 0. The highest BCUT2D eigenvalue weighted by Gasteiger charge is 2.12. The number of carbonyl (C=O) groups is 3. The van der Waals surface area contributed by atoms with Crippen molar-refractivity contribution in [3.63, 3.8) is 0 Å². The summed E-state index contributed by atoms with van der Waals surface area (Å²) in [5, 5.41) is 0. The van der Waals surface area contributed by atoms with Gasteiger partial charge in [-0.05, 0) is 13.0 Å². The molecule has 0 aromatic rings. The van der Waals surface area contributed by atoms with Crippen molar-refractivity contribution >= 4 is 17.7 Å². The first-order valence-corrected chi connectivity index (χ1v) is 3.94. The second kappa shape index (κ2) is 5.90. The van der Waals surface area contributed by atoms with Crippen LogP contribution in [0.15, 0.2) is 12.2 Å². The molecule has 0 aliphatic carbocycles. The summed E-state index contributed by atoms with van der Waals surface area (Å²) in [6, 6.07) is 0. The zero-order valence-corrected chi connectivity index (χ0v) is 8.27. The SMILES string of the molecule is COC(=O)/C=C/C(=O)C(C)OC(C)=O. The van der Waals surface area contributed by atoms with E-state index in [0.717, 1.165) is 12.2 Å². The average molecular weight is 200 g/mol. The van der Waals surface area contributed by atoms with Gasteiger partial charge in [0.1, 0.15) is 0 Å². The molecule has 0 rings (SSSR count). The summed E-state index contributed by atoms with van der Waals surface area (Å²) in [7, 11) is 1.20. The lowest BCUT2D eigenvalue weighted by Crippen LogP contribution is -2.21. The van der Waals surface area contributed by atoms with Gasteiger partial charge in [-0.1, -0.05) is 0 Å². The highest BCUT2D eigenvalue weighted by atomic mass is 16.5. The third-order valence-corrected chi connectivity index (χ3v) is 1.33. The van der Waals surface area contributed by atoms with E-state index < -0.39 is 23.8 Å². The number of rotatable bonds is 4. The molecule has 0 fully saturated rings. The van der Waals surface area contributed by atoms with E-state index in [1.807, 2.05) is 0 Å². The van der Waals surface area contributed by atoms with E-state index in [-0.39, 0.29) is 0 Å². The molecule has 78 valence electrons. The Balaban J connectivity index is 4.14. The van der Waals surface area contributed by atoms with E-state index in [4.69, 9.17) is 0 Å². The Bertz CT molecular complexity index is 266. The van der Waals surface area contributed by atoms with Crippen LogP contribution in [0.5, 0.6) is 0 Å². The number of ether oxygens (including phenoxy) is 2. The topological polar surface area (TPSA) is 69.7 Å². The number of hydrogen-bond acceptors (Lipinski definition) is 5. The van der Waals surface area contributed by atoms with E-state index in [1.54, 1.807) is 0 Å². The number of ketones is 1. The summed E-state index contributed by atoms with van der Waals surface area (Å²) < 4.78 is 8.86. The maximum atomic E-state index is 11.1. The van der Waals surface area contributed by atoms with E-state index >= 15 is 0 Å². The maximum absolute atomic E-state index is 11.1. The van der Waals surface area contributed by atoms with Crippen molar-refractivity contribution in [3.05, 3.63) is 12.2 Å². The van der Waals surface area contributed by atoms with E-state index in [0.29, 0.717) is 0 Å². The zero-order valence-electron chi connectivity index (χ0n) is 8.27. The van der Waals surface area contributed by atoms with Crippen LogP contribution in [0.1, 0.15) is 13.8 Å². The third kappa shape index (κ3) is 5.08. The lowest BCUT2D eigenvalue weighted by Gasteiger charge is -2.06. The molecule has 0 saturated carbocycles. The molecule has 5 heteroatoms. The molecule has 1 atom stereocenters.